The molecule has 1 amide bonds. The van der Waals surface area contributed by atoms with Gasteiger partial charge in [-0.2, -0.15) is 0 Å². The number of nitrogens with zero attached hydrogens (tertiary/aromatic N) is 1. The van der Waals surface area contributed by atoms with Crippen LogP contribution in [0.15, 0.2) is 24.3 Å². The largest absolute Gasteiger partial charge is 0.508 e. The van der Waals surface area contributed by atoms with Crippen molar-refractivity contribution >= 4 is 5.91 Å². The molecule has 0 heterocycles. The summed E-state index contributed by atoms with van der Waals surface area (Å²) in [7, 11) is 0. The molecule has 1 rings (SSSR count). The Labute approximate surface area is 108 Å². The smallest absolute Gasteiger partial charge is 0.231 e. The number of rotatable bonds is 6. The highest BCUT2D eigenvalue weighted by atomic mass is 16.3. The van der Waals surface area contributed by atoms with Gasteiger partial charge in [-0.1, -0.05) is 26.0 Å². The summed E-state index contributed by atoms with van der Waals surface area (Å²) in [5.74, 6) is 0.356. The Balaban J connectivity index is 2.86. The summed E-state index contributed by atoms with van der Waals surface area (Å²) in [5.41, 5.74) is 6.27. The highest BCUT2D eigenvalue weighted by molar-refractivity contribution is 5.76. The van der Waals surface area contributed by atoms with Crippen molar-refractivity contribution in [2.75, 3.05) is 13.1 Å². The van der Waals surface area contributed by atoms with Crippen LogP contribution in [-0.2, 0) is 4.79 Å². The van der Waals surface area contributed by atoms with Gasteiger partial charge in [-0.05, 0) is 30.5 Å². The van der Waals surface area contributed by atoms with E-state index in [1.54, 1.807) is 18.2 Å². The highest BCUT2D eigenvalue weighted by Crippen LogP contribution is 2.23. The summed E-state index contributed by atoms with van der Waals surface area (Å²) in [6.45, 7) is 7.24. The Bertz CT molecular complexity index is 405. The molecular weight excluding hydrogens is 228 g/mol. The second-order valence-corrected chi connectivity index (χ2v) is 5.06. The third-order valence-corrected chi connectivity index (χ3v) is 2.86. The van der Waals surface area contributed by atoms with Crippen LogP contribution in [0.2, 0.25) is 0 Å². The van der Waals surface area contributed by atoms with E-state index < -0.39 is 0 Å². The Morgan fingerprint density at radius 3 is 2.56 bits per heavy atom. The van der Waals surface area contributed by atoms with Gasteiger partial charge in [-0.15, -0.1) is 0 Å². The molecule has 100 valence electrons. The van der Waals surface area contributed by atoms with Crippen molar-refractivity contribution in [2.24, 2.45) is 11.7 Å². The average Bonchev–Trinajstić information content (AvgIpc) is 2.26. The van der Waals surface area contributed by atoms with Crippen LogP contribution in [-0.4, -0.2) is 29.0 Å². The van der Waals surface area contributed by atoms with E-state index in [4.69, 9.17) is 5.73 Å². The van der Waals surface area contributed by atoms with Gasteiger partial charge in [-0.3, -0.25) is 9.69 Å². The lowest BCUT2D eigenvalue weighted by atomic mass is 10.0. The molecule has 0 aliphatic heterocycles. The Kier molecular flexibility index (Phi) is 5.16. The summed E-state index contributed by atoms with van der Waals surface area (Å²) in [4.78, 5) is 13.2. The van der Waals surface area contributed by atoms with Crippen molar-refractivity contribution in [1.82, 2.24) is 4.90 Å². The highest BCUT2D eigenvalue weighted by Gasteiger charge is 2.18. The molecule has 1 atom stereocenters. The van der Waals surface area contributed by atoms with Gasteiger partial charge in [0, 0.05) is 12.6 Å². The standard InChI is InChI=1S/C14H22N2O2/c1-10(2)8-16(9-14(15)18)11(3)12-5-4-6-13(17)7-12/h4-7,10-11,17H,8-9H2,1-3H3,(H2,15,18). The third-order valence-electron chi connectivity index (χ3n) is 2.86. The molecule has 0 aliphatic rings. The zero-order valence-corrected chi connectivity index (χ0v) is 11.3. The van der Waals surface area contributed by atoms with Gasteiger partial charge in [-0.25, -0.2) is 0 Å². The minimum absolute atomic E-state index is 0.0481. The molecule has 0 aromatic heterocycles. The second kappa shape index (κ2) is 6.40. The van der Waals surface area contributed by atoms with E-state index >= 15 is 0 Å². The molecule has 3 N–H and O–H groups in total. The molecule has 1 aromatic rings. The molecule has 4 nitrogen and oxygen atoms in total. The molecule has 18 heavy (non-hydrogen) atoms. The van der Waals surface area contributed by atoms with Crippen molar-refractivity contribution in [3.05, 3.63) is 29.8 Å². The van der Waals surface area contributed by atoms with E-state index in [0.717, 1.165) is 12.1 Å². The number of primary amides is 1. The maximum absolute atomic E-state index is 11.1. The summed E-state index contributed by atoms with van der Waals surface area (Å²) in [6, 6.07) is 7.15. The lowest BCUT2D eigenvalue weighted by Crippen LogP contribution is -2.38. The summed E-state index contributed by atoms with van der Waals surface area (Å²) >= 11 is 0. The molecule has 1 aromatic carbocycles. The third kappa shape index (κ3) is 4.37. The number of phenols is 1. The van der Waals surface area contributed by atoms with Crippen LogP contribution in [0.5, 0.6) is 5.75 Å². The predicted molar refractivity (Wildman–Crippen MR) is 72.1 cm³/mol. The normalized spacial score (nSPS) is 12.9. The zero-order valence-electron chi connectivity index (χ0n) is 11.3. The van der Waals surface area contributed by atoms with Crippen LogP contribution >= 0.6 is 0 Å². The number of carbonyl (C=O) groups excluding carboxylic acids is 1. The first kappa shape index (κ1) is 14.5. The zero-order chi connectivity index (χ0) is 13.7. The number of phenolic OH excluding ortho intramolecular Hbond substituents is 1. The topological polar surface area (TPSA) is 66.6 Å². The predicted octanol–water partition coefficient (Wildman–Crippen LogP) is 1.90. The Morgan fingerprint density at radius 2 is 2.06 bits per heavy atom. The number of carbonyl (C=O) groups is 1. The van der Waals surface area contributed by atoms with Crippen molar-refractivity contribution in [3.63, 3.8) is 0 Å². The SMILES string of the molecule is CC(C)CN(CC(N)=O)C(C)c1cccc(O)c1. The van der Waals surface area contributed by atoms with Gasteiger partial charge in [0.1, 0.15) is 5.75 Å². The molecule has 0 spiro atoms. The number of benzene rings is 1. The average molecular weight is 250 g/mol. The Morgan fingerprint density at radius 1 is 1.39 bits per heavy atom. The molecule has 4 heteroatoms. The Hall–Kier alpha value is -1.55. The van der Waals surface area contributed by atoms with E-state index in [1.807, 2.05) is 17.9 Å². The molecule has 1 unspecified atom stereocenters. The minimum Gasteiger partial charge on any atom is -0.508 e. The summed E-state index contributed by atoms with van der Waals surface area (Å²) < 4.78 is 0. The number of hydrogen-bond acceptors (Lipinski definition) is 3. The summed E-state index contributed by atoms with van der Waals surface area (Å²) in [5, 5.41) is 9.50. The van der Waals surface area contributed by atoms with Gasteiger partial charge >= 0.3 is 0 Å². The van der Waals surface area contributed by atoms with Crippen LogP contribution in [0.3, 0.4) is 0 Å². The van der Waals surface area contributed by atoms with Crippen LogP contribution in [0, 0.1) is 5.92 Å². The lowest BCUT2D eigenvalue weighted by Gasteiger charge is -2.29. The molecule has 0 aliphatic carbocycles. The van der Waals surface area contributed by atoms with Gasteiger partial charge in [0.15, 0.2) is 0 Å². The number of amides is 1. The van der Waals surface area contributed by atoms with Crippen LogP contribution in [0.25, 0.3) is 0 Å². The molecule has 0 radical (unpaired) electrons. The quantitative estimate of drug-likeness (QED) is 0.810. The number of nitrogens with two attached hydrogens (primary N) is 1. The fourth-order valence-electron chi connectivity index (χ4n) is 2.02. The van der Waals surface area contributed by atoms with Crippen molar-refractivity contribution < 1.29 is 9.90 Å². The van der Waals surface area contributed by atoms with Crippen LogP contribution in [0.1, 0.15) is 32.4 Å². The molecule has 0 saturated heterocycles. The molecular formula is C14H22N2O2. The van der Waals surface area contributed by atoms with Crippen LogP contribution < -0.4 is 5.73 Å². The minimum atomic E-state index is -0.331. The van der Waals surface area contributed by atoms with E-state index in [-0.39, 0.29) is 24.2 Å². The number of hydrogen-bond donors (Lipinski definition) is 2. The van der Waals surface area contributed by atoms with Crippen molar-refractivity contribution in [1.29, 1.82) is 0 Å². The van der Waals surface area contributed by atoms with Gasteiger partial charge < -0.3 is 10.8 Å². The number of aromatic hydroxyl groups is 1. The van der Waals surface area contributed by atoms with Gasteiger partial charge in [0.05, 0.1) is 6.54 Å². The van der Waals surface area contributed by atoms with E-state index in [0.29, 0.717) is 5.92 Å². The molecule has 0 fully saturated rings. The maximum atomic E-state index is 11.1. The maximum Gasteiger partial charge on any atom is 0.231 e. The monoisotopic (exact) mass is 250 g/mol. The van der Waals surface area contributed by atoms with E-state index in [2.05, 4.69) is 13.8 Å². The van der Waals surface area contributed by atoms with Crippen molar-refractivity contribution in [2.45, 2.75) is 26.8 Å². The first-order chi connectivity index (χ1) is 8.40. The van der Waals surface area contributed by atoms with E-state index in [9.17, 15) is 9.90 Å². The van der Waals surface area contributed by atoms with Gasteiger partial charge in [0.2, 0.25) is 5.91 Å². The van der Waals surface area contributed by atoms with Gasteiger partial charge in [0.25, 0.3) is 0 Å². The first-order valence-corrected chi connectivity index (χ1v) is 6.21. The lowest BCUT2D eigenvalue weighted by molar-refractivity contribution is -0.119. The fraction of sp³-hybridized carbons (Fsp3) is 0.500. The van der Waals surface area contributed by atoms with Crippen molar-refractivity contribution in [3.8, 4) is 5.75 Å². The van der Waals surface area contributed by atoms with Crippen LogP contribution in [0.4, 0.5) is 0 Å². The second-order valence-electron chi connectivity index (χ2n) is 5.06. The molecule has 0 saturated carbocycles. The molecule has 0 bridgehead atoms. The fourth-order valence-corrected chi connectivity index (χ4v) is 2.02. The summed E-state index contributed by atoms with van der Waals surface area (Å²) in [6.07, 6.45) is 0. The van der Waals surface area contributed by atoms with E-state index in [1.165, 1.54) is 0 Å². The first-order valence-electron chi connectivity index (χ1n) is 6.21.